The van der Waals surface area contributed by atoms with Crippen LogP contribution in [-0.2, 0) is 0 Å². The predicted octanol–water partition coefficient (Wildman–Crippen LogP) is 2.92. The van der Waals surface area contributed by atoms with Crippen molar-refractivity contribution in [3.63, 3.8) is 0 Å². The Morgan fingerprint density at radius 1 is 1.26 bits per heavy atom. The van der Waals surface area contributed by atoms with Crippen molar-refractivity contribution >= 4 is 32.4 Å². The van der Waals surface area contributed by atoms with Gasteiger partial charge in [0.15, 0.2) is 0 Å². The standard InChI is InChI=1S/C13H11N5S/c1-9(10-6-7-14-8-15-10)17-18-13-16-11-4-2-3-5-12(11)19-13/h2-8H,1H3,(H,16,18)/b17-9-. The second-order valence-electron chi connectivity index (χ2n) is 3.89. The zero-order valence-corrected chi connectivity index (χ0v) is 11.1. The fraction of sp³-hybridized carbons (Fsp3) is 0.0769. The van der Waals surface area contributed by atoms with Crippen LogP contribution < -0.4 is 5.43 Å². The molecule has 0 aliphatic carbocycles. The number of para-hydroxylation sites is 1. The van der Waals surface area contributed by atoms with E-state index in [-0.39, 0.29) is 0 Å². The van der Waals surface area contributed by atoms with E-state index in [9.17, 15) is 0 Å². The van der Waals surface area contributed by atoms with E-state index in [0.29, 0.717) is 0 Å². The van der Waals surface area contributed by atoms with Crippen LogP contribution in [0.5, 0.6) is 0 Å². The Morgan fingerprint density at radius 2 is 2.16 bits per heavy atom. The van der Waals surface area contributed by atoms with Crippen LogP contribution in [0.25, 0.3) is 10.2 Å². The van der Waals surface area contributed by atoms with E-state index in [1.165, 1.54) is 6.33 Å². The third kappa shape index (κ3) is 2.58. The molecule has 0 radical (unpaired) electrons. The lowest BCUT2D eigenvalue weighted by atomic mass is 10.3. The zero-order chi connectivity index (χ0) is 13.1. The molecule has 5 nitrogen and oxygen atoms in total. The molecule has 0 saturated carbocycles. The molecule has 0 fully saturated rings. The molecule has 0 atom stereocenters. The lowest BCUT2D eigenvalue weighted by Gasteiger charge is -1.98. The molecule has 2 aromatic heterocycles. The number of benzene rings is 1. The molecular formula is C13H11N5S. The highest BCUT2D eigenvalue weighted by Crippen LogP contribution is 2.25. The maximum absolute atomic E-state index is 4.45. The van der Waals surface area contributed by atoms with Gasteiger partial charge in [0, 0.05) is 6.20 Å². The number of anilines is 1. The highest BCUT2D eigenvalue weighted by Gasteiger charge is 2.02. The first-order valence-electron chi connectivity index (χ1n) is 5.75. The Balaban J connectivity index is 1.82. The van der Waals surface area contributed by atoms with Crippen molar-refractivity contribution < 1.29 is 0 Å². The number of thiazole rings is 1. The summed E-state index contributed by atoms with van der Waals surface area (Å²) in [4.78, 5) is 12.5. The average Bonchev–Trinajstić information content (AvgIpc) is 2.88. The summed E-state index contributed by atoms with van der Waals surface area (Å²) in [5.41, 5.74) is 5.53. The molecule has 3 rings (SSSR count). The number of hydrazone groups is 1. The monoisotopic (exact) mass is 269 g/mol. The number of nitrogens with one attached hydrogen (secondary N) is 1. The molecular weight excluding hydrogens is 258 g/mol. The second-order valence-corrected chi connectivity index (χ2v) is 4.92. The van der Waals surface area contributed by atoms with Gasteiger partial charge in [-0.05, 0) is 25.1 Å². The van der Waals surface area contributed by atoms with Gasteiger partial charge in [0.2, 0.25) is 5.13 Å². The molecule has 0 amide bonds. The van der Waals surface area contributed by atoms with Crippen LogP contribution in [0.2, 0.25) is 0 Å². The van der Waals surface area contributed by atoms with Gasteiger partial charge in [-0.3, -0.25) is 5.43 Å². The molecule has 1 N–H and O–H groups in total. The number of nitrogens with zero attached hydrogens (tertiary/aromatic N) is 4. The van der Waals surface area contributed by atoms with Gasteiger partial charge < -0.3 is 0 Å². The van der Waals surface area contributed by atoms with Gasteiger partial charge in [0.1, 0.15) is 6.33 Å². The first kappa shape index (κ1) is 11.7. The van der Waals surface area contributed by atoms with Crippen LogP contribution in [0.4, 0.5) is 5.13 Å². The van der Waals surface area contributed by atoms with E-state index >= 15 is 0 Å². The predicted molar refractivity (Wildman–Crippen MR) is 77.5 cm³/mol. The van der Waals surface area contributed by atoms with Gasteiger partial charge in [0.25, 0.3) is 0 Å². The smallest absolute Gasteiger partial charge is 0.204 e. The summed E-state index contributed by atoms with van der Waals surface area (Å²) in [6, 6.07) is 9.82. The van der Waals surface area contributed by atoms with Gasteiger partial charge in [0.05, 0.1) is 21.6 Å². The van der Waals surface area contributed by atoms with E-state index < -0.39 is 0 Å². The van der Waals surface area contributed by atoms with Crippen molar-refractivity contribution in [3.05, 3.63) is 48.5 Å². The quantitative estimate of drug-likeness (QED) is 0.586. The molecule has 19 heavy (non-hydrogen) atoms. The van der Waals surface area contributed by atoms with Crippen LogP contribution in [0.3, 0.4) is 0 Å². The summed E-state index contributed by atoms with van der Waals surface area (Å²) in [5.74, 6) is 0. The van der Waals surface area contributed by atoms with E-state index in [1.54, 1.807) is 17.5 Å². The number of rotatable bonds is 3. The van der Waals surface area contributed by atoms with Gasteiger partial charge in [-0.1, -0.05) is 23.5 Å². The molecule has 1 aromatic carbocycles. The van der Waals surface area contributed by atoms with Gasteiger partial charge >= 0.3 is 0 Å². The van der Waals surface area contributed by atoms with Crippen molar-refractivity contribution in [1.29, 1.82) is 0 Å². The minimum atomic E-state index is 0.773. The van der Waals surface area contributed by atoms with Gasteiger partial charge in [-0.2, -0.15) is 5.10 Å². The summed E-state index contributed by atoms with van der Waals surface area (Å²) in [6.45, 7) is 1.89. The first-order chi connectivity index (χ1) is 9.33. The van der Waals surface area contributed by atoms with Crippen LogP contribution in [-0.4, -0.2) is 20.7 Å². The van der Waals surface area contributed by atoms with Crippen molar-refractivity contribution in [2.75, 3.05) is 5.43 Å². The zero-order valence-electron chi connectivity index (χ0n) is 10.2. The fourth-order valence-corrected chi connectivity index (χ4v) is 2.42. The maximum Gasteiger partial charge on any atom is 0.204 e. The van der Waals surface area contributed by atoms with Crippen LogP contribution in [0.15, 0.2) is 48.0 Å². The van der Waals surface area contributed by atoms with E-state index in [0.717, 1.165) is 26.8 Å². The number of fused-ring (bicyclic) bond motifs is 1. The molecule has 94 valence electrons. The number of aromatic nitrogens is 3. The molecule has 0 bridgehead atoms. The number of hydrogen-bond donors (Lipinski definition) is 1. The van der Waals surface area contributed by atoms with Crippen molar-refractivity contribution in [3.8, 4) is 0 Å². The molecule has 0 spiro atoms. The Kier molecular flexibility index (Phi) is 3.16. The average molecular weight is 269 g/mol. The summed E-state index contributed by atoms with van der Waals surface area (Å²) < 4.78 is 1.14. The molecule has 0 aliphatic rings. The largest absolute Gasteiger partial charge is 0.252 e. The van der Waals surface area contributed by atoms with Gasteiger partial charge in [-0.15, -0.1) is 0 Å². The molecule has 0 aliphatic heterocycles. The van der Waals surface area contributed by atoms with E-state index in [2.05, 4.69) is 25.5 Å². The maximum atomic E-state index is 4.45. The van der Waals surface area contributed by atoms with Crippen molar-refractivity contribution in [2.45, 2.75) is 6.92 Å². The lowest BCUT2D eigenvalue weighted by molar-refractivity contribution is 1.14. The summed E-state index contributed by atoms with van der Waals surface area (Å²) in [7, 11) is 0. The Bertz CT molecular complexity index is 687. The minimum Gasteiger partial charge on any atom is -0.252 e. The van der Waals surface area contributed by atoms with E-state index in [1.807, 2.05) is 37.3 Å². The fourth-order valence-electron chi connectivity index (χ4n) is 1.61. The molecule has 3 aromatic rings. The van der Waals surface area contributed by atoms with Crippen LogP contribution in [0, 0.1) is 0 Å². The van der Waals surface area contributed by atoms with Crippen LogP contribution >= 0.6 is 11.3 Å². The third-order valence-electron chi connectivity index (χ3n) is 2.57. The highest BCUT2D eigenvalue weighted by atomic mass is 32.1. The molecule has 0 unspecified atom stereocenters. The highest BCUT2D eigenvalue weighted by molar-refractivity contribution is 7.22. The Labute approximate surface area is 114 Å². The van der Waals surface area contributed by atoms with Crippen molar-refractivity contribution in [2.24, 2.45) is 5.10 Å². The summed E-state index contributed by atoms with van der Waals surface area (Å²) in [6.07, 6.45) is 3.20. The Hall–Kier alpha value is -2.34. The molecule has 2 heterocycles. The second kappa shape index (κ2) is 5.11. The molecule has 0 saturated heterocycles. The number of hydrogen-bond acceptors (Lipinski definition) is 6. The summed E-state index contributed by atoms with van der Waals surface area (Å²) in [5, 5.41) is 5.06. The first-order valence-corrected chi connectivity index (χ1v) is 6.57. The minimum absolute atomic E-state index is 0.773. The van der Waals surface area contributed by atoms with Crippen molar-refractivity contribution in [1.82, 2.24) is 15.0 Å². The lowest BCUT2D eigenvalue weighted by Crippen LogP contribution is -2.02. The van der Waals surface area contributed by atoms with E-state index in [4.69, 9.17) is 0 Å². The third-order valence-corrected chi connectivity index (χ3v) is 3.51. The normalized spacial score (nSPS) is 11.7. The SMILES string of the molecule is C/C(=N/Nc1nc2ccccc2s1)c1ccncn1. The van der Waals surface area contributed by atoms with Crippen LogP contribution in [0.1, 0.15) is 12.6 Å². The Morgan fingerprint density at radius 3 is 2.95 bits per heavy atom. The topological polar surface area (TPSA) is 63.1 Å². The van der Waals surface area contributed by atoms with Gasteiger partial charge in [-0.25, -0.2) is 15.0 Å². The molecule has 6 heteroatoms. The summed E-state index contributed by atoms with van der Waals surface area (Å²) >= 11 is 1.57.